The Balaban J connectivity index is 0.00000512. The van der Waals surface area contributed by atoms with E-state index in [4.69, 9.17) is 11.5 Å². The number of aliphatic imine (C=N–C) groups is 2. The Hall–Kier alpha value is -3.54. The lowest BCUT2D eigenvalue weighted by molar-refractivity contribution is 0.630. The highest BCUT2D eigenvalue weighted by Gasteiger charge is 1.96. The number of nitrogens with zero attached hydrogens (tertiary/aromatic N) is 2. The van der Waals surface area contributed by atoms with Gasteiger partial charge in [-0.1, -0.05) is 79.3 Å². The zero-order chi connectivity index (χ0) is 22.0. The number of amidine groups is 2. The molecule has 0 bridgehead atoms. The molecule has 0 aromatic heterocycles. The molecule has 0 aliphatic rings. The molecule has 0 radical (unpaired) electrons. The summed E-state index contributed by atoms with van der Waals surface area (Å²) in [6.45, 7) is 0.907. The van der Waals surface area contributed by atoms with Crippen LogP contribution >= 0.6 is 0 Å². The second kappa shape index (κ2) is 17.2. The molecular formula is C27H35N5. The fourth-order valence-corrected chi connectivity index (χ4v) is 2.91. The first-order chi connectivity index (χ1) is 15.2. The molecule has 5 heteroatoms. The third kappa shape index (κ3) is 12.9. The third-order valence-corrected chi connectivity index (χ3v) is 4.60. The summed E-state index contributed by atoms with van der Waals surface area (Å²) in [6.07, 6.45) is 7.23. The van der Waals surface area contributed by atoms with E-state index >= 15 is 0 Å². The van der Waals surface area contributed by atoms with Crippen LogP contribution in [0.1, 0.15) is 56.1 Å². The molecule has 0 fully saturated rings. The van der Waals surface area contributed by atoms with Crippen molar-refractivity contribution in [1.82, 2.24) is 6.15 Å². The lowest BCUT2D eigenvalue weighted by atomic mass is 10.1. The molecule has 0 spiro atoms. The molecule has 0 unspecified atom stereocenters. The van der Waals surface area contributed by atoms with E-state index in [2.05, 4.69) is 33.7 Å². The molecule has 0 saturated heterocycles. The van der Waals surface area contributed by atoms with Gasteiger partial charge in [-0.15, -0.1) is 0 Å². The van der Waals surface area contributed by atoms with Crippen LogP contribution in [0.3, 0.4) is 0 Å². The molecule has 2 aromatic carbocycles. The number of rotatable bonds is 10. The fourth-order valence-electron chi connectivity index (χ4n) is 2.91. The quantitative estimate of drug-likeness (QED) is 0.220. The second-order valence-electron chi connectivity index (χ2n) is 7.22. The van der Waals surface area contributed by atoms with Gasteiger partial charge in [-0.2, -0.15) is 0 Å². The Kier molecular flexibility index (Phi) is 14.2. The Morgan fingerprint density at radius 1 is 0.594 bits per heavy atom. The summed E-state index contributed by atoms with van der Waals surface area (Å²) < 4.78 is 0. The number of benzene rings is 2. The smallest absolute Gasteiger partial charge is 0.102 e. The summed E-state index contributed by atoms with van der Waals surface area (Å²) in [5.74, 6) is 13.6. The first-order valence-electron chi connectivity index (χ1n) is 10.9. The van der Waals surface area contributed by atoms with Crippen molar-refractivity contribution in [1.29, 1.82) is 0 Å². The van der Waals surface area contributed by atoms with Gasteiger partial charge >= 0.3 is 0 Å². The largest absolute Gasteiger partial charge is 0.387 e. The predicted octanol–water partition coefficient (Wildman–Crippen LogP) is 4.70. The summed E-state index contributed by atoms with van der Waals surface area (Å²) in [4.78, 5) is 8.66. The summed E-state index contributed by atoms with van der Waals surface area (Å²) in [5, 5.41) is 0. The summed E-state index contributed by atoms with van der Waals surface area (Å²) >= 11 is 0. The Bertz CT molecular complexity index is 862. The minimum atomic E-state index is 0. The first kappa shape index (κ1) is 26.5. The highest BCUT2D eigenvalue weighted by molar-refractivity contribution is 5.80. The van der Waals surface area contributed by atoms with Crippen LogP contribution in [0, 0.1) is 23.7 Å². The van der Waals surface area contributed by atoms with E-state index < -0.39 is 0 Å². The monoisotopic (exact) mass is 429 g/mol. The van der Waals surface area contributed by atoms with Crippen LogP contribution < -0.4 is 17.6 Å². The first-order valence-corrected chi connectivity index (χ1v) is 10.9. The second-order valence-corrected chi connectivity index (χ2v) is 7.22. The highest BCUT2D eigenvalue weighted by atomic mass is 14.8. The van der Waals surface area contributed by atoms with Crippen LogP contribution in [0.4, 0.5) is 0 Å². The van der Waals surface area contributed by atoms with Crippen molar-refractivity contribution >= 4 is 11.7 Å². The number of hydrogen-bond donors (Lipinski definition) is 3. The lowest BCUT2D eigenvalue weighted by Crippen LogP contribution is -2.12. The van der Waals surface area contributed by atoms with Gasteiger partial charge in [0.2, 0.25) is 0 Å². The highest BCUT2D eigenvalue weighted by Crippen LogP contribution is 2.07. The molecule has 0 amide bonds. The Morgan fingerprint density at radius 3 is 1.38 bits per heavy atom. The van der Waals surface area contributed by atoms with Crippen LogP contribution in [0.25, 0.3) is 0 Å². The third-order valence-electron chi connectivity index (χ3n) is 4.60. The minimum absolute atomic E-state index is 0. The van der Waals surface area contributed by atoms with Gasteiger partial charge in [-0.25, -0.2) is 0 Å². The SMILES string of the molecule is N.NC(CCCCCCCC(N)=NCC#Cc1ccccc1)=NCC#Cc1ccccc1. The van der Waals surface area contributed by atoms with Crippen LogP contribution in [0.2, 0.25) is 0 Å². The van der Waals surface area contributed by atoms with Gasteiger partial charge < -0.3 is 17.6 Å². The van der Waals surface area contributed by atoms with Crippen molar-refractivity contribution < 1.29 is 0 Å². The van der Waals surface area contributed by atoms with E-state index in [0.29, 0.717) is 24.8 Å². The molecule has 0 saturated carbocycles. The Labute approximate surface area is 193 Å². The molecule has 0 aliphatic carbocycles. The Morgan fingerprint density at radius 2 is 0.969 bits per heavy atom. The van der Waals surface area contributed by atoms with Crippen LogP contribution in [0.5, 0.6) is 0 Å². The zero-order valence-corrected chi connectivity index (χ0v) is 18.9. The minimum Gasteiger partial charge on any atom is -0.387 e. The van der Waals surface area contributed by atoms with Gasteiger partial charge in [0.15, 0.2) is 0 Å². The average Bonchev–Trinajstić information content (AvgIpc) is 2.80. The van der Waals surface area contributed by atoms with Crippen LogP contribution in [-0.2, 0) is 0 Å². The van der Waals surface area contributed by atoms with Crippen molar-refractivity contribution in [2.45, 2.75) is 44.9 Å². The molecule has 2 rings (SSSR count). The molecule has 32 heavy (non-hydrogen) atoms. The van der Waals surface area contributed by atoms with E-state index in [0.717, 1.165) is 49.7 Å². The normalized spacial score (nSPS) is 10.9. The molecule has 0 atom stereocenters. The van der Waals surface area contributed by atoms with E-state index in [1.165, 1.54) is 6.42 Å². The molecule has 0 heterocycles. The summed E-state index contributed by atoms with van der Waals surface area (Å²) in [7, 11) is 0. The van der Waals surface area contributed by atoms with Gasteiger partial charge in [0.25, 0.3) is 0 Å². The van der Waals surface area contributed by atoms with E-state index in [1.54, 1.807) is 0 Å². The van der Waals surface area contributed by atoms with Gasteiger partial charge in [0, 0.05) is 24.0 Å². The van der Waals surface area contributed by atoms with Gasteiger partial charge in [-0.3, -0.25) is 9.98 Å². The van der Waals surface area contributed by atoms with Gasteiger partial charge in [0.05, 0.1) is 11.7 Å². The van der Waals surface area contributed by atoms with Crippen LogP contribution in [0.15, 0.2) is 70.6 Å². The number of hydrogen-bond acceptors (Lipinski definition) is 3. The number of unbranched alkanes of at least 4 members (excludes halogenated alkanes) is 4. The topological polar surface area (TPSA) is 112 Å². The zero-order valence-electron chi connectivity index (χ0n) is 18.9. The van der Waals surface area contributed by atoms with Gasteiger partial charge in [0.1, 0.15) is 13.1 Å². The molecule has 2 aromatic rings. The molecular weight excluding hydrogens is 394 g/mol. The fraction of sp³-hybridized carbons (Fsp3) is 0.333. The average molecular weight is 430 g/mol. The van der Waals surface area contributed by atoms with E-state index in [-0.39, 0.29) is 6.15 Å². The van der Waals surface area contributed by atoms with Crippen molar-refractivity contribution in [3.05, 3.63) is 71.8 Å². The summed E-state index contributed by atoms with van der Waals surface area (Å²) in [6, 6.07) is 19.8. The predicted molar refractivity (Wildman–Crippen MR) is 137 cm³/mol. The van der Waals surface area contributed by atoms with Crippen molar-refractivity contribution in [3.63, 3.8) is 0 Å². The van der Waals surface area contributed by atoms with Crippen LogP contribution in [-0.4, -0.2) is 24.8 Å². The van der Waals surface area contributed by atoms with Crippen molar-refractivity contribution in [2.75, 3.05) is 13.1 Å². The number of nitrogens with two attached hydrogens (primary N) is 2. The molecule has 0 aliphatic heterocycles. The summed E-state index contributed by atoms with van der Waals surface area (Å²) in [5.41, 5.74) is 13.9. The standard InChI is InChI=1S/C27H32N4.H3N/c28-26(30-22-12-18-24-14-6-4-7-15-24)20-10-2-1-3-11-21-27(29)31-23-13-19-25-16-8-5-9-17-25;/h4-9,14-17H,1-3,10-11,20-23H2,(H2,28,30)(H2,29,31);1H3. The lowest BCUT2D eigenvalue weighted by Gasteiger charge is -2.02. The molecule has 5 nitrogen and oxygen atoms in total. The maximum atomic E-state index is 5.97. The molecule has 7 N–H and O–H groups in total. The maximum Gasteiger partial charge on any atom is 0.102 e. The maximum absolute atomic E-state index is 5.97. The van der Waals surface area contributed by atoms with Crippen molar-refractivity contribution in [2.24, 2.45) is 21.5 Å². The van der Waals surface area contributed by atoms with E-state index in [9.17, 15) is 0 Å². The molecule has 168 valence electrons. The van der Waals surface area contributed by atoms with Crippen molar-refractivity contribution in [3.8, 4) is 23.7 Å². The van der Waals surface area contributed by atoms with E-state index in [1.807, 2.05) is 60.7 Å². The van der Waals surface area contributed by atoms with Gasteiger partial charge in [-0.05, 0) is 37.1 Å².